The highest BCUT2D eigenvalue weighted by molar-refractivity contribution is 6.25. The summed E-state index contributed by atoms with van der Waals surface area (Å²) in [6.45, 7) is 0. The van der Waals surface area contributed by atoms with Crippen molar-refractivity contribution in [1.29, 1.82) is 0 Å². The van der Waals surface area contributed by atoms with Gasteiger partial charge in [-0.05, 0) is 158 Å². The van der Waals surface area contributed by atoms with Gasteiger partial charge >= 0.3 is 0 Å². The lowest BCUT2D eigenvalue weighted by Gasteiger charge is -2.21. The summed E-state index contributed by atoms with van der Waals surface area (Å²) in [4.78, 5) is 0. The predicted molar refractivity (Wildman–Crippen MR) is 304 cm³/mol. The molecule has 0 N–H and O–H groups in total. The SMILES string of the molecule is c1ccc(-c2ccccc2-c2c3ccccc3c(-c3ccc4c(c3)oc3ccccc34)c3cc(-c4ccc5c(-c6ccccc6)c6ccccc6c(-c6ccc7c(c6)oc6ccccc67)c5c4)ccc23)cc1. The Hall–Kier alpha value is -9.50. The van der Waals surface area contributed by atoms with E-state index in [1.165, 1.54) is 87.6 Å². The minimum atomic E-state index is 0.880. The smallest absolute Gasteiger partial charge is 0.136 e. The molecule has 0 aliphatic rings. The van der Waals surface area contributed by atoms with Gasteiger partial charge in [0.2, 0.25) is 0 Å². The number of rotatable bonds is 6. The maximum absolute atomic E-state index is 6.58. The molecule has 0 spiro atoms. The molecule has 2 nitrogen and oxygen atoms in total. The molecule has 334 valence electrons. The van der Waals surface area contributed by atoms with Crippen LogP contribution in [0.3, 0.4) is 0 Å². The van der Waals surface area contributed by atoms with Crippen LogP contribution in [0.1, 0.15) is 0 Å². The highest BCUT2D eigenvalue weighted by atomic mass is 16.3. The summed E-state index contributed by atoms with van der Waals surface area (Å²) in [5, 5.41) is 14.1. The highest BCUT2D eigenvalue weighted by Crippen LogP contribution is 2.50. The Morgan fingerprint density at radius 3 is 1.01 bits per heavy atom. The van der Waals surface area contributed by atoms with Gasteiger partial charge in [-0.3, -0.25) is 0 Å². The monoisotopic (exact) mass is 914 g/mol. The third kappa shape index (κ3) is 6.22. The first-order valence-corrected chi connectivity index (χ1v) is 24.7. The summed E-state index contributed by atoms with van der Waals surface area (Å²) in [6, 6.07) is 92.8. The van der Waals surface area contributed by atoms with E-state index in [1.807, 2.05) is 12.1 Å². The summed E-state index contributed by atoms with van der Waals surface area (Å²) in [5.74, 6) is 0. The summed E-state index contributed by atoms with van der Waals surface area (Å²) in [7, 11) is 0. The van der Waals surface area contributed by atoms with Crippen molar-refractivity contribution in [2.75, 3.05) is 0 Å². The van der Waals surface area contributed by atoms with Gasteiger partial charge < -0.3 is 8.83 Å². The van der Waals surface area contributed by atoms with Crippen LogP contribution in [0.25, 0.3) is 154 Å². The quantitative estimate of drug-likeness (QED) is 0.155. The molecule has 0 aliphatic carbocycles. The van der Waals surface area contributed by atoms with Crippen LogP contribution in [0, 0.1) is 0 Å². The molecule has 0 bridgehead atoms. The van der Waals surface area contributed by atoms with E-state index in [-0.39, 0.29) is 0 Å². The van der Waals surface area contributed by atoms with Crippen LogP contribution in [0.4, 0.5) is 0 Å². The first-order valence-electron chi connectivity index (χ1n) is 24.7. The van der Waals surface area contributed by atoms with Gasteiger partial charge in [0.05, 0.1) is 0 Å². The molecule has 0 radical (unpaired) electrons. The topological polar surface area (TPSA) is 26.3 Å². The third-order valence-electron chi connectivity index (χ3n) is 15.1. The molecule has 0 aliphatic heterocycles. The molecular weight excluding hydrogens is 873 g/mol. The van der Waals surface area contributed by atoms with Gasteiger partial charge in [-0.25, -0.2) is 0 Å². The Bertz CT molecular complexity index is 4670. The summed E-state index contributed by atoms with van der Waals surface area (Å²) < 4.78 is 13.1. The zero-order chi connectivity index (χ0) is 47.3. The lowest BCUT2D eigenvalue weighted by Crippen LogP contribution is -1.94. The van der Waals surface area contributed by atoms with E-state index < -0.39 is 0 Å². The average molecular weight is 915 g/mol. The van der Waals surface area contributed by atoms with Crippen LogP contribution in [0.5, 0.6) is 0 Å². The van der Waals surface area contributed by atoms with Crippen LogP contribution >= 0.6 is 0 Å². The number of hydrogen-bond acceptors (Lipinski definition) is 2. The van der Waals surface area contributed by atoms with Crippen molar-refractivity contribution in [1.82, 2.24) is 0 Å². The van der Waals surface area contributed by atoms with Crippen molar-refractivity contribution < 1.29 is 8.83 Å². The molecule has 0 saturated heterocycles. The Kier molecular flexibility index (Phi) is 8.99. The fourth-order valence-corrected chi connectivity index (χ4v) is 11.9. The molecule has 2 aromatic heterocycles. The predicted octanol–water partition coefficient (Wildman–Crippen LogP) is 20.1. The lowest BCUT2D eigenvalue weighted by molar-refractivity contribution is 0.668. The molecule has 15 aromatic rings. The van der Waals surface area contributed by atoms with Gasteiger partial charge in [0.15, 0.2) is 0 Å². The zero-order valence-corrected chi connectivity index (χ0v) is 39.1. The van der Waals surface area contributed by atoms with Crippen LogP contribution < -0.4 is 0 Å². The maximum Gasteiger partial charge on any atom is 0.136 e. The Labute approximate surface area is 415 Å². The van der Waals surface area contributed by atoms with Crippen LogP contribution in [-0.4, -0.2) is 0 Å². The zero-order valence-electron chi connectivity index (χ0n) is 39.1. The second kappa shape index (κ2) is 16.0. The summed E-state index contributed by atoms with van der Waals surface area (Å²) in [6.07, 6.45) is 0. The van der Waals surface area contributed by atoms with Crippen molar-refractivity contribution in [2.45, 2.75) is 0 Å². The van der Waals surface area contributed by atoms with Gasteiger partial charge in [-0.2, -0.15) is 0 Å². The van der Waals surface area contributed by atoms with E-state index in [9.17, 15) is 0 Å². The minimum Gasteiger partial charge on any atom is -0.456 e. The van der Waals surface area contributed by atoms with Gasteiger partial charge in [-0.1, -0.05) is 206 Å². The normalized spacial score (nSPS) is 11.9. The second-order valence-corrected chi connectivity index (χ2v) is 19.0. The van der Waals surface area contributed by atoms with E-state index >= 15 is 0 Å². The Morgan fingerprint density at radius 1 is 0.167 bits per heavy atom. The Morgan fingerprint density at radius 2 is 0.500 bits per heavy atom. The molecule has 0 atom stereocenters. The van der Waals surface area contributed by atoms with Crippen molar-refractivity contribution >= 4 is 87.0 Å². The van der Waals surface area contributed by atoms with Gasteiger partial charge in [0.25, 0.3) is 0 Å². The van der Waals surface area contributed by atoms with Crippen molar-refractivity contribution in [3.05, 3.63) is 255 Å². The fraction of sp³-hybridized carbons (Fsp3) is 0. The average Bonchev–Trinajstić information content (AvgIpc) is 4.01. The van der Waals surface area contributed by atoms with Crippen molar-refractivity contribution in [3.8, 4) is 66.8 Å². The van der Waals surface area contributed by atoms with Crippen LogP contribution in [-0.2, 0) is 0 Å². The molecule has 0 amide bonds. The molecule has 13 aromatic carbocycles. The fourth-order valence-electron chi connectivity index (χ4n) is 11.9. The standard InChI is InChI=1S/C70H42O2/c1-3-17-43(18-4-1)49-21-7-8-24-54(49)70-58-28-12-11-27-57(58)69(48-34-36-53-51-23-14-16-30-64(51)72-66(53)42-48)62-40-46(32-38-60(62)70)45-31-37-59-61(39-45)68(47-33-35-52-50-22-13-15-29-63(50)71-65(52)41-47)56-26-10-9-25-55(56)67(59)44-19-5-2-6-20-44/h1-42H. The van der Waals surface area contributed by atoms with E-state index in [2.05, 4.69) is 243 Å². The summed E-state index contributed by atoms with van der Waals surface area (Å²) in [5.41, 5.74) is 17.7. The van der Waals surface area contributed by atoms with Gasteiger partial charge in [0, 0.05) is 21.5 Å². The van der Waals surface area contributed by atoms with Crippen LogP contribution in [0.2, 0.25) is 0 Å². The Balaban J connectivity index is 1.03. The van der Waals surface area contributed by atoms with E-state index in [1.54, 1.807) is 0 Å². The number of benzene rings is 13. The number of fused-ring (bicyclic) bond motifs is 10. The van der Waals surface area contributed by atoms with Crippen LogP contribution in [0.15, 0.2) is 264 Å². The van der Waals surface area contributed by atoms with E-state index in [0.29, 0.717) is 0 Å². The van der Waals surface area contributed by atoms with E-state index in [4.69, 9.17) is 8.83 Å². The van der Waals surface area contributed by atoms with Gasteiger partial charge in [0.1, 0.15) is 22.3 Å². The molecule has 2 heterocycles. The lowest BCUT2D eigenvalue weighted by atomic mass is 9.82. The number of para-hydroxylation sites is 2. The molecule has 0 unspecified atom stereocenters. The second-order valence-electron chi connectivity index (χ2n) is 19.0. The molecule has 0 saturated carbocycles. The van der Waals surface area contributed by atoms with Crippen molar-refractivity contribution in [3.63, 3.8) is 0 Å². The number of hydrogen-bond donors (Lipinski definition) is 0. The molecule has 15 rings (SSSR count). The molecule has 2 heteroatoms. The third-order valence-corrected chi connectivity index (χ3v) is 15.1. The van der Waals surface area contributed by atoms with Crippen molar-refractivity contribution in [2.24, 2.45) is 0 Å². The largest absolute Gasteiger partial charge is 0.456 e. The molecular formula is C70H42O2. The highest BCUT2D eigenvalue weighted by Gasteiger charge is 2.23. The maximum atomic E-state index is 6.58. The number of furan rings is 2. The minimum absolute atomic E-state index is 0.880. The summed E-state index contributed by atoms with van der Waals surface area (Å²) >= 11 is 0. The first-order chi connectivity index (χ1) is 35.7. The molecule has 0 fully saturated rings. The molecule has 72 heavy (non-hydrogen) atoms. The van der Waals surface area contributed by atoms with E-state index in [0.717, 1.165) is 66.1 Å². The van der Waals surface area contributed by atoms with Gasteiger partial charge in [-0.15, -0.1) is 0 Å². The first kappa shape index (κ1) is 40.4.